The molecule has 1 aliphatic rings. The van der Waals surface area contributed by atoms with E-state index < -0.39 is 40.3 Å². The summed E-state index contributed by atoms with van der Waals surface area (Å²) < 4.78 is 44.1. The van der Waals surface area contributed by atoms with Crippen LogP contribution in [0.25, 0.3) is 0 Å². The maximum absolute atomic E-state index is 12.9. The highest BCUT2D eigenvalue weighted by Gasteiger charge is 2.42. The van der Waals surface area contributed by atoms with Crippen molar-refractivity contribution in [3.05, 3.63) is 11.8 Å². The molecule has 110 valence electrons. The third kappa shape index (κ3) is 2.64. The molecule has 1 unspecified atom stereocenters. The normalized spacial score (nSPS) is 19.4. The molecule has 20 heavy (non-hydrogen) atoms. The lowest BCUT2D eigenvalue weighted by Crippen LogP contribution is -2.28. The number of carbonyl (C=O) groups is 2. The first kappa shape index (κ1) is 14.4. The average Bonchev–Trinajstić information content (AvgIpc) is 2.94. The minimum Gasteiger partial charge on any atom is -0.462 e. The first-order valence-electron chi connectivity index (χ1n) is 5.70. The van der Waals surface area contributed by atoms with Gasteiger partial charge in [-0.15, -0.1) is 3.89 Å². The zero-order valence-electron chi connectivity index (χ0n) is 10.4. The fourth-order valence-electron chi connectivity index (χ4n) is 1.84. The van der Waals surface area contributed by atoms with E-state index in [0.717, 1.165) is 11.1 Å². The molecule has 8 nitrogen and oxygen atoms in total. The van der Waals surface area contributed by atoms with E-state index in [-0.39, 0.29) is 18.1 Å². The van der Waals surface area contributed by atoms with Gasteiger partial charge < -0.3 is 9.26 Å². The van der Waals surface area contributed by atoms with Crippen molar-refractivity contribution >= 4 is 28.0 Å². The van der Waals surface area contributed by atoms with Gasteiger partial charge in [0, 0.05) is 13.0 Å². The van der Waals surface area contributed by atoms with Crippen LogP contribution in [0.3, 0.4) is 0 Å². The van der Waals surface area contributed by atoms with E-state index in [1.807, 2.05) is 0 Å². The van der Waals surface area contributed by atoms with Crippen LogP contribution in [0.2, 0.25) is 0 Å². The summed E-state index contributed by atoms with van der Waals surface area (Å²) in [4.78, 5) is 24.2. The van der Waals surface area contributed by atoms with E-state index in [4.69, 9.17) is 9.26 Å². The van der Waals surface area contributed by atoms with Gasteiger partial charge in [0.15, 0.2) is 0 Å². The topological polar surface area (TPSA) is 107 Å². The Kier molecular flexibility index (Phi) is 3.75. The summed E-state index contributed by atoms with van der Waals surface area (Å²) in [5.41, 5.74) is -0.114. The molecule has 1 aromatic heterocycles. The van der Waals surface area contributed by atoms with Gasteiger partial charge in [-0.05, 0) is 6.92 Å². The van der Waals surface area contributed by atoms with E-state index >= 15 is 0 Å². The zero-order valence-corrected chi connectivity index (χ0v) is 11.2. The summed E-state index contributed by atoms with van der Waals surface area (Å²) in [5, 5.41) is 1.90. The molecule has 1 amide bonds. The molecule has 0 radical (unpaired) electrons. The van der Waals surface area contributed by atoms with Gasteiger partial charge in [-0.25, -0.2) is 4.79 Å². The van der Waals surface area contributed by atoms with Crippen LogP contribution >= 0.6 is 0 Å². The summed E-state index contributed by atoms with van der Waals surface area (Å²) in [6, 6.07) is 0. The van der Waals surface area contributed by atoms with Crippen LogP contribution in [0.4, 0.5) is 9.77 Å². The number of hydrogen-bond donors (Lipinski definition) is 0. The highest BCUT2D eigenvalue weighted by atomic mass is 32.3. The molecule has 10 heteroatoms. The van der Waals surface area contributed by atoms with Gasteiger partial charge in [-0.1, -0.05) is 5.16 Å². The molecular weight excluding hydrogens is 295 g/mol. The maximum Gasteiger partial charge on any atom is 0.345 e. The summed E-state index contributed by atoms with van der Waals surface area (Å²) in [6.45, 7) is 1.27. The number of aromatic nitrogens is 1. The van der Waals surface area contributed by atoms with E-state index in [9.17, 15) is 21.9 Å². The van der Waals surface area contributed by atoms with E-state index in [1.165, 1.54) is 0 Å². The van der Waals surface area contributed by atoms with Crippen molar-refractivity contribution in [2.24, 2.45) is 0 Å². The first-order valence-corrected chi connectivity index (χ1v) is 7.15. The van der Waals surface area contributed by atoms with Crippen molar-refractivity contribution in [3.8, 4) is 0 Å². The summed E-state index contributed by atoms with van der Waals surface area (Å²) >= 11 is 0. The minimum atomic E-state index is -4.84. The van der Waals surface area contributed by atoms with Gasteiger partial charge in [0.1, 0.15) is 10.8 Å². The summed E-state index contributed by atoms with van der Waals surface area (Å²) in [5.74, 6) is -1.67. The summed E-state index contributed by atoms with van der Waals surface area (Å²) in [7, 11) is -4.84. The van der Waals surface area contributed by atoms with Crippen LogP contribution in [0.5, 0.6) is 0 Å². The minimum absolute atomic E-state index is 0.110. The number of rotatable bonds is 4. The Morgan fingerprint density at radius 2 is 2.35 bits per heavy atom. The Morgan fingerprint density at radius 3 is 2.90 bits per heavy atom. The largest absolute Gasteiger partial charge is 0.462 e. The number of anilines is 1. The number of nitrogens with zero attached hydrogens (tertiary/aromatic N) is 2. The van der Waals surface area contributed by atoms with Gasteiger partial charge >= 0.3 is 16.2 Å². The highest BCUT2D eigenvalue weighted by molar-refractivity contribution is 7.87. The van der Waals surface area contributed by atoms with Gasteiger partial charge in [-0.2, -0.15) is 8.42 Å². The molecular formula is C10H11FN2O6S. The second-order valence-corrected chi connectivity index (χ2v) is 5.69. The second-order valence-electron chi connectivity index (χ2n) is 4.07. The number of esters is 1. The fraction of sp³-hybridized carbons (Fsp3) is 0.500. The predicted molar refractivity (Wildman–Crippen MR) is 63.2 cm³/mol. The zero-order chi connectivity index (χ0) is 14.9. The van der Waals surface area contributed by atoms with Gasteiger partial charge in [0.2, 0.25) is 11.8 Å². The molecule has 1 aliphatic heterocycles. The molecule has 0 spiro atoms. The van der Waals surface area contributed by atoms with Crippen LogP contribution in [0.15, 0.2) is 10.7 Å². The number of amides is 1. The van der Waals surface area contributed by atoms with Gasteiger partial charge in [0.25, 0.3) is 0 Å². The highest BCUT2D eigenvalue weighted by Crippen LogP contribution is 2.28. The third-order valence-electron chi connectivity index (χ3n) is 2.78. The summed E-state index contributed by atoms with van der Waals surface area (Å²) in [6.07, 6.45) is 0.541. The maximum atomic E-state index is 12.9. The van der Waals surface area contributed by atoms with E-state index in [0.29, 0.717) is 0 Å². The van der Waals surface area contributed by atoms with Crippen LogP contribution in [-0.2, 0) is 19.8 Å². The van der Waals surface area contributed by atoms with E-state index in [1.54, 1.807) is 6.92 Å². The van der Waals surface area contributed by atoms with Crippen LogP contribution in [0, 0.1) is 0 Å². The van der Waals surface area contributed by atoms with Gasteiger partial charge in [-0.3, -0.25) is 9.69 Å². The molecule has 0 aliphatic carbocycles. The molecule has 2 rings (SSSR count). The Balaban J connectivity index is 2.28. The first-order chi connectivity index (χ1) is 9.34. The molecule has 0 bridgehead atoms. The number of ether oxygens (including phenoxy) is 1. The Morgan fingerprint density at radius 1 is 1.65 bits per heavy atom. The third-order valence-corrected chi connectivity index (χ3v) is 3.89. The van der Waals surface area contributed by atoms with Crippen molar-refractivity contribution in [2.45, 2.75) is 18.6 Å². The standard InChI is InChI=1S/C10H11FN2O6S/c1-2-18-10(15)7-4-12-19-9(7)13-5-6(3-8(13)14)20(11,16)17/h4,6H,2-3,5H2,1H3. The average molecular weight is 306 g/mol. The molecule has 0 N–H and O–H groups in total. The second kappa shape index (κ2) is 5.19. The van der Waals surface area contributed by atoms with E-state index in [2.05, 4.69) is 5.16 Å². The fourth-order valence-corrected chi connectivity index (χ4v) is 2.51. The van der Waals surface area contributed by atoms with Crippen molar-refractivity contribution < 1.29 is 31.2 Å². The number of hydrogen-bond acceptors (Lipinski definition) is 7. The Hall–Kier alpha value is -1.97. The van der Waals surface area contributed by atoms with Crippen LogP contribution < -0.4 is 4.90 Å². The lowest BCUT2D eigenvalue weighted by Gasteiger charge is -2.12. The van der Waals surface area contributed by atoms with Crippen LogP contribution in [0.1, 0.15) is 23.7 Å². The monoisotopic (exact) mass is 306 g/mol. The molecule has 1 fully saturated rings. The quantitative estimate of drug-likeness (QED) is 0.580. The van der Waals surface area contributed by atoms with Crippen molar-refractivity contribution in [1.29, 1.82) is 0 Å². The van der Waals surface area contributed by atoms with Crippen molar-refractivity contribution in [3.63, 3.8) is 0 Å². The molecule has 1 atom stereocenters. The SMILES string of the molecule is CCOC(=O)c1cnoc1N1CC(S(=O)(=O)F)CC1=O. The number of carbonyl (C=O) groups excluding carboxylic acids is 2. The lowest BCUT2D eigenvalue weighted by molar-refractivity contribution is -0.117. The molecule has 1 saturated heterocycles. The molecule has 1 aromatic rings. The lowest BCUT2D eigenvalue weighted by atomic mass is 10.3. The predicted octanol–water partition coefficient (Wildman–Crippen LogP) is 0.256. The Labute approximate surface area is 113 Å². The van der Waals surface area contributed by atoms with Crippen LogP contribution in [-0.4, -0.2) is 43.9 Å². The number of halogens is 1. The Bertz CT molecular complexity index is 640. The smallest absolute Gasteiger partial charge is 0.345 e. The van der Waals surface area contributed by atoms with Gasteiger partial charge in [0.05, 0.1) is 12.8 Å². The molecule has 2 heterocycles. The molecule has 0 saturated carbocycles. The van der Waals surface area contributed by atoms with Crippen molar-refractivity contribution in [2.75, 3.05) is 18.1 Å². The molecule has 0 aromatic carbocycles. The van der Waals surface area contributed by atoms with Crippen molar-refractivity contribution in [1.82, 2.24) is 5.16 Å².